The number of thiocarbonyl (C=S) groups is 1. The van der Waals surface area contributed by atoms with Gasteiger partial charge < -0.3 is 10.1 Å². The van der Waals surface area contributed by atoms with Crippen LogP contribution >= 0.6 is 23.8 Å². The van der Waals surface area contributed by atoms with E-state index in [0.717, 1.165) is 6.42 Å². The molecule has 0 aromatic heterocycles. The third-order valence-electron chi connectivity index (χ3n) is 2.60. The molecule has 2 N–H and O–H groups in total. The summed E-state index contributed by atoms with van der Waals surface area (Å²) in [6.45, 7) is 5.84. The quantitative estimate of drug-likeness (QED) is 0.349. The Hall–Kier alpha value is -1.24. The van der Waals surface area contributed by atoms with Crippen LogP contribution < -0.4 is 10.7 Å². The number of rotatable bonds is 7. The van der Waals surface area contributed by atoms with Gasteiger partial charge in [-0.05, 0) is 50.7 Å². The van der Waals surface area contributed by atoms with E-state index in [1.807, 2.05) is 6.92 Å². The van der Waals surface area contributed by atoms with Crippen molar-refractivity contribution >= 4 is 34.6 Å². The molecule has 1 aromatic carbocycles. The van der Waals surface area contributed by atoms with Crippen LogP contribution in [0.15, 0.2) is 23.3 Å². The van der Waals surface area contributed by atoms with E-state index in [1.54, 1.807) is 13.0 Å². The maximum Gasteiger partial charge on any atom is 0.186 e. The van der Waals surface area contributed by atoms with Crippen molar-refractivity contribution in [3.8, 4) is 0 Å². The van der Waals surface area contributed by atoms with E-state index in [0.29, 0.717) is 41.2 Å². The molecule has 0 amide bonds. The van der Waals surface area contributed by atoms with Crippen LogP contribution in [-0.4, -0.2) is 30.6 Å². The number of hydrogen-bond donors (Lipinski definition) is 2. The molecule has 0 aliphatic rings. The van der Waals surface area contributed by atoms with Gasteiger partial charge in [0.05, 0.1) is 10.7 Å². The Morgan fingerprint density at radius 1 is 1.48 bits per heavy atom. The predicted octanol–water partition coefficient (Wildman–Crippen LogP) is 3.09. The fourth-order valence-electron chi connectivity index (χ4n) is 1.54. The first-order valence-electron chi connectivity index (χ1n) is 6.66. The van der Waals surface area contributed by atoms with E-state index in [4.69, 9.17) is 28.6 Å². The predicted molar refractivity (Wildman–Crippen MR) is 88.5 cm³/mol. The smallest absolute Gasteiger partial charge is 0.186 e. The summed E-state index contributed by atoms with van der Waals surface area (Å²) in [5.41, 5.74) is 4.01. The van der Waals surface area contributed by atoms with Crippen LogP contribution in [0.3, 0.4) is 0 Å². The van der Waals surface area contributed by atoms with E-state index in [1.165, 1.54) is 12.1 Å². The number of ether oxygens (including phenoxy) is 1. The lowest BCUT2D eigenvalue weighted by atomic mass is 10.1. The number of nitrogens with zero attached hydrogens (tertiary/aromatic N) is 1. The van der Waals surface area contributed by atoms with Crippen LogP contribution in [0.1, 0.15) is 25.8 Å². The molecule has 0 fully saturated rings. The fourth-order valence-corrected chi connectivity index (χ4v) is 1.99. The molecular formula is C14H19ClFN3OS. The molecule has 0 heterocycles. The lowest BCUT2D eigenvalue weighted by Gasteiger charge is -2.08. The molecule has 1 aromatic rings. The van der Waals surface area contributed by atoms with Crippen LogP contribution in [0.4, 0.5) is 4.39 Å². The maximum atomic E-state index is 13.0. The molecule has 0 bridgehead atoms. The van der Waals surface area contributed by atoms with Gasteiger partial charge in [0.1, 0.15) is 5.82 Å². The molecule has 0 aliphatic carbocycles. The maximum absolute atomic E-state index is 13.0. The Labute approximate surface area is 134 Å². The molecule has 1 rings (SSSR count). The molecule has 4 nitrogen and oxygen atoms in total. The first kappa shape index (κ1) is 17.8. The van der Waals surface area contributed by atoms with Crippen molar-refractivity contribution in [2.75, 3.05) is 19.8 Å². The highest BCUT2D eigenvalue weighted by atomic mass is 35.5. The van der Waals surface area contributed by atoms with Crippen LogP contribution in [-0.2, 0) is 4.74 Å². The second kappa shape index (κ2) is 9.65. The minimum absolute atomic E-state index is 0.314. The van der Waals surface area contributed by atoms with Crippen molar-refractivity contribution in [3.63, 3.8) is 0 Å². The van der Waals surface area contributed by atoms with Crippen LogP contribution in [0.2, 0.25) is 5.02 Å². The number of benzene rings is 1. The second-order valence-electron chi connectivity index (χ2n) is 4.24. The van der Waals surface area contributed by atoms with Gasteiger partial charge in [-0.15, -0.1) is 0 Å². The molecule has 0 aliphatic heterocycles. The summed E-state index contributed by atoms with van der Waals surface area (Å²) < 4.78 is 18.2. The van der Waals surface area contributed by atoms with Gasteiger partial charge >= 0.3 is 0 Å². The molecule has 0 atom stereocenters. The van der Waals surface area contributed by atoms with Crippen molar-refractivity contribution in [2.45, 2.75) is 20.3 Å². The summed E-state index contributed by atoms with van der Waals surface area (Å²) in [4.78, 5) is 0. The highest BCUT2D eigenvalue weighted by molar-refractivity contribution is 7.80. The fraction of sp³-hybridized carbons (Fsp3) is 0.429. The number of nitrogens with one attached hydrogen (secondary N) is 2. The molecule has 0 saturated heterocycles. The Balaban J connectivity index is 2.42. The minimum Gasteiger partial charge on any atom is -0.382 e. The van der Waals surface area contributed by atoms with Crippen LogP contribution in [0, 0.1) is 5.82 Å². The zero-order valence-corrected chi connectivity index (χ0v) is 13.7. The summed E-state index contributed by atoms with van der Waals surface area (Å²) in [6, 6.07) is 4.17. The van der Waals surface area contributed by atoms with E-state index in [-0.39, 0.29) is 5.82 Å². The van der Waals surface area contributed by atoms with Gasteiger partial charge in [0.25, 0.3) is 0 Å². The summed E-state index contributed by atoms with van der Waals surface area (Å²) in [5.74, 6) is -0.379. The summed E-state index contributed by atoms with van der Waals surface area (Å²) >= 11 is 11.1. The van der Waals surface area contributed by atoms with Gasteiger partial charge in [0.2, 0.25) is 0 Å². The van der Waals surface area contributed by atoms with Crippen molar-refractivity contribution in [1.82, 2.24) is 10.7 Å². The average Bonchev–Trinajstić information content (AvgIpc) is 2.44. The van der Waals surface area contributed by atoms with Gasteiger partial charge in [-0.2, -0.15) is 5.10 Å². The Morgan fingerprint density at radius 2 is 2.24 bits per heavy atom. The van der Waals surface area contributed by atoms with Crippen LogP contribution in [0.5, 0.6) is 0 Å². The van der Waals surface area contributed by atoms with Crippen molar-refractivity contribution in [3.05, 3.63) is 34.6 Å². The van der Waals surface area contributed by atoms with Crippen molar-refractivity contribution < 1.29 is 9.13 Å². The standard InChI is InChI=1S/C14H19ClFN3OS/c1-3-20-8-4-7-17-14(21)19-18-10(2)12-6-5-11(16)9-13(12)15/h5-6,9H,3-4,7-8H2,1-2H3,(H2,17,19,21)/b18-10-. The van der Waals surface area contributed by atoms with Crippen LogP contribution in [0.25, 0.3) is 0 Å². The normalized spacial score (nSPS) is 11.3. The number of halogens is 2. The third kappa shape index (κ3) is 6.84. The zero-order chi connectivity index (χ0) is 15.7. The third-order valence-corrected chi connectivity index (χ3v) is 3.15. The summed E-state index contributed by atoms with van der Waals surface area (Å²) in [5, 5.41) is 7.87. The SMILES string of the molecule is CCOCCCNC(=S)N/N=C(/C)c1ccc(F)cc1Cl. The van der Waals surface area contributed by atoms with Gasteiger partial charge in [0.15, 0.2) is 5.11 Å². The van der Waals surface area contributed by atoms with Gasteiger partial charge in [-0.1, -0.05) is 11.6 Å². The molecule has 0 spiro atoms. The summed E-state index contributed by atoms with van der Waals surface area (Å²) in [7, 11) is 0. The highest BCUT2D eigenvalue weighted by Crippen LogP contribution is 2.17. The minimum atomic E-state index is -0.379. The largest absolute Gasteiger partial charge is 0.382 e. The molecule has 0 radical (unpaired) electrons. The Morgan fingerprint density at radius 3 is 2.90 bits per heavy atom. The van der Waals surface area contributed by atoms with E-state index in [9.17, 15) is 4.39 Å². The molecule has 0 unspecified atom stereocenters. The second-order valence-corrected chi connectivity index (χ2v) is 5.06. The van der Waals surface area contributed by atoms with E-state index < -0.39 is 0 Å². The average molecular weight is 332 g/mol. The molecular weight excluding hydrogens is 313 g/mol. The molecule has 0 saturated carbocycles. The van der Waals surface area contributed by atoms with Gasteiger partial charge in [0, 0.05) is 25.3 Å². The summed E-state index contributed by atoms with van der Waals surface area (Å²) in [6.07, 6.45) is 0.863. The molecule has 7 heteroatoms. The van der Waals surface area contributed by atoms with E-state index in [2.05, 4.69) is 15.8 Å². The number of hydrazone groups is 1. The highest BCUT2D eigenvalue weighted by Gasteiger charge is 2.05. The first-order chi connectivity index (χ1) is 10.0. The first-order valence-corrected chi connectivity index (χ1v) is 7.44. The topological polar surface area (TPSA) is 45.6 Å². The lowest BCUT2D eigenvalue weighted by molar-refractivity contribution is 0.145. The zero-order valence-electron chi connectivity index (χ0n) is 12.1. The lowest BCUT2D eigenvalue weighted by Crippen LogP contribution is -2.33. The Bertz CT molecular complexity index is 511. The van der Waals surface area contributed by atoms with Gasteiger partial charge in [-0.3, -0.25) is 5.43 Å². The molecule has 21 heavy (non-hydrogen) atoms. The van der Waals surface area contributed by atoms with Gasteiger partial charge in [-0.25, -0.2) is 4.39 Å². The molecule has 116 valence electrons. The number of hydrogen-bond acceptors (Lipinski definition) is 3. The Kier molecular flexibility index (Phi) is 8.19. The van der Waals surface area contributed by atoms with Crippen molar-refractivity contribution in [1.29, 1.82) is 0 Å². The monoisotopic (exact) mass is 331 g/mol. The van der Waals surface area contributed by atoms with Crippen molar-refractivity contribution in [2.24, 2.45) is 5.10 Å². The van der Waals surface area contributed by atoms with E-state index >= 15 is 0 Å².